The number of hydrogen-bond donors (Lipinski definition) is 1. The molecule has 198 valence electrons. The summed E-state index contributed by atoms with van der Waals surface area (Å²) in [5.41, 5.74) is 3.50. The molecular formula is C30H38N2O4S. The first-order chi connectivity index (χ1) is 17.4. The van der Waals surface area contributed by atoms with Gasteiger partial charge < -0.3 is 10.1 Å². The first-order valence-electron chi connectivity index (χ1n) is 12.6. The summed E-state index contributed by atoms with van der Waals surface area (Å²) in [5, 5.41) is 2.80. The van der Waals surface area contributed by atoms with Gasteiger partial charge in [0.05, 0.1) is 17.1 Å². The molecule has 0 radical (unpaired) electrons. The van der Waals surface area contributed by atoms with E-state index in [1.165, 1.54) is 0 Å². The molecule has 0 aromatic heterocycles. The highest BCUT2D eigenvalue weighted by Gasteiger charge is 2.27. The average molecular weight is 523 g/mol. The number of para-hydroxylation sites is 1. The van der Waals surface area contributed by atoms with Crippen LogP contribution < -0.4 is 14.4 Å². The van der Waals surface area contributed by atoms with Gasteiger partial charge in [-0.1, -0.05) is 82.6 Å². The monoisotopic (exact) mass is 522 g/mol. The summed E-state index contributed by atoms with van der Waals surface area (Å²) in [6.45, 7) is 12.6. The Kier molecular flexibility index (Phi) is 9.02. The van der Waals surface area contributed by atoms with Crippen molar-refractivity contribution >= 4 is 21.6 Å². The highest BCUT2D eigenvalue weighted by molar-refractivity contribution is 7.92. The van der Waals surface area contributed by atoms with Crippen LogP contribution in [0.25, 0.3) is 0 Å². The van der Waals surface area contributed by atoms with E-state index in [9.17, 15) is 13.2 Å². The SMILES string of the molecule is Cc1ccc(S(=O)(=O)N(CC(=O)NCCOc2ccccc2C(C)(C)C)c2ccc(C(C)C)cc2)cc1. The molecule has 0 saturated heterocycles. The van der Waals surface area contributed by atoms with E-state index in [2.05, 4.69) is 39.9 Å². The third-order valence-electron chi connectivity index (χ3n) is 6.12. The minimum Gasteiger partial charge on any atom is -0.491 e. The first kappa shape index (κ1) is 28.3. The number of nitrogens with zero attached hydrogens (tertiary/aromatic N) is 1. The molecule has 1 N–H and O–H groups in total. The Labute approximate surface area is 221 Å². The Morgan fingerprint density at radius 3 is 2.16 bits per heavy atom. The predicted octanol–water partition coefficient (Wildman–Crippen LogP) is 5.81. The van der Waals surface area contributed by atoms with Crippen LogP contribution in [-0.4, -0.2) is 34.0 Å². The zero-order valence-corrected chi connectivity index (χ0v) is 23.4. The van der Waals surface area contributed by atoms with Gasteiger partial charge in [-0.3, -0.25) is 9.10 Å². The maximum atomic E-state index is 13.6. The topological polar surface area (TPSA) is 75.7 Å². The average Bonchev–Trinajstić information content (AvgIpc) is 2.85. The van der Waals surface area contributed by atoms with E-state index in [1.807, 2.05) is 43.3 Å². The van der Waals surface area contributed by atoms with Crippen molar-refractivity contribution < 1.29 is 17.9 Å². The molecule has 0 spiro atoms. The number of benzene rings is 3. The molecule has 0 atom stereocenters. The van der Waals surface area contributed by atoms with Crippen molar-refractivity contribution in [1.82, 2.24) is 5.32 Å². The van der Waals surface area contributed by atoms with Crippen LogP contribution in [0.5, 0.6) is 5.75 Å². The number of rotatable bonds is 10. The van der Waals surface area contributed by atoms with E-state index in [0.29, 0.717) is 11.6 Å². The molecule has 37 heavy (non-hydrogen) atoms. The second-order valence-electron chi connectivity index (χ2n) is 10.5. The van der Waals surface area contributed by atoms with Crippen LogP contribution in [0, 0.1) is 6.92 Å². The number of amides is 1. The fourth-order valence-corrected chi connectivity index (χ4v) is 5.35. The smallest absolute Gasteiger partial charge is 0.264 e. The molecule has 0 bridgehead atoms. The predicted molar refractivity (Wildman–Crippen MR) is 150 cm³/mol. The number of aryl methyl sites for hydroxylation is 1. The summed E-state index contributed by atoms with van der Waals surface area (Å²) in [5.74, 6) is 0.678. The van der Waals surface area contributed by atoms with Crippen LogP contribution in [-0.2, 0) is 20.2 Å². The van der Waals surface area contributed by atoms with Gasteiger partial charge in [0.2, 0.25) is 5.91 Å². The van der Waals surface area contributed by atoms with Gasteiger partial charge in [-0.05, 0) is 59.7 Å². The lowest BCUT2D eigenvalue weighted by Crippen LogP contribution is -2.42. The molecule has 0 aliphatic heterocycles. The molecule has 0 aliphatic carbocycles. The highest BCUT2D eigenvalue weighted by Crippen LogP contribution is 2.31. The molecule has 3 aromatic carbocycles. The molecule has 0 heterocycles. The number of nitrogens with one attached hydrogen (secondary N) is 1. The lowest BCUT2D eigenvalue weighted by Gasteiger charge is -2.25. The molecule has 3 aromatic rings. The van der Waals surface area contributed by atoms with Crippen LogP contribution in [0.15, 0.2) is 77.7 Å². The maximum absolute atomic E-state index is 13.6. The fourth-order valence-electron chi connectivity index (χ4n) is 3.93. The van der Waals surface area contributed by atoms with Crippen molar-refractivity contribution in [1.29, 1.82) is 0 Å². The number of hydrogen-bond acceptors (Lipinski definition) is 4. The standard InChI is InChI=1S/C30H38N2O4S/c1-22(2)24-13-15-25(16-14-24)32(37(34,35)26-17-11-23(3)12-18-26)21-29(33)31-19-20-36-28-10-8-7-9-27(28)30(4,5)6/h7-18,22H,19-21H2,1-6H3,(H,31,33). The second kappa shape index (κ2) is 11.8. The van der Waals surface area contributed by atoms with Crippen molar-refractivity contribution in [2.24, 2.45) is 0 Å². The van der Waals surface area contributed by atoms with Crippen molar-refractivity contribution in [3.05, 3.63) is 89.5 Å². The van der Waals surface area contributed by atoms with Crippen LogP contribution in [0.1, 0.15) is 57.2 Å². The maximum Gasteiger partial charge on any atom is 0.264 e. The molecule has 1 amide bonds. The Bertz CT molecular complexity index is 1290. The summed E-state index contributed by atoms with van der Waals surface area (Å²) in [6.07, 6.45) is 0. The van der Waals surface area contributed by atoms with E-state index >= 15 is 0 Å². The molecule has 6 nitrogen and oxygen atoms in total. The van der Waals surface area contributed by atoms with E-state index < -0.39 is 15.9 Å². The quantitative estimate of drug-likeness (QED) is 0.341. The fraction of sp³-hybridized carbons (Fsp3) is 0.367. The Morgan fingerprint density at radius 1 is 0.946 bits per heavy atom. The van der Waals surface area contributed by atoms with Crippen LogP contribution in [0.2, 0.25) is 0 Å². The molecule has 0 unspecified atom stereocenters. The Balaban J connectivity index is 1.73. The van der Waals surface area contributed by atoms with Gasteiger partial charge in [0.25, 0.3) is 10.0 Å². The normalized spacial score (nSPS) is 11.9. The lowest BCUT2D eigenvalue weighted by molar-refractivity contribution is -0.119. The number of carbonyl (C=O) groups excluding carboxylic acids is 1. The summed E-state index contributed by atoms with van der Waals surface area (Å²) in [6, 6.07) is 21.8. The molecule has 3 rings (SSSR count). The van der Waals surface area contributed by atoms with Crippen molar-refractivity contribution in [3.8, 4) is 5.75 Å². The first-order valence-corrected chi connectivity index (χ1v) is 14.0. The van der Waals surface area contributed by atoms with Gasteiger partial charge in [-0.25, -0.2) is 8.42 Å². The number of anilines is 1. The largest absolute Gasteiger partial charge is 0.491 e. The molecule has 0 fully saturated rings. The van der Waals surface area contributed by atoms with Crippen molar-refractivity contribution in [2.75, 3.05) is 24.0 Å². The number of sulfonamides is 1. The number of carbonyl (C=O) groups is 1. The van der Waals surface area contributed by atoms with E-state index in [4.69, 9.17) is 4.74 Å². The lowest BCUT2D eigenvalue weighted by atomic mass is 9.86. The Hall–Kier alpha value is -3.32. The summed E-state index contributed by atoms with van der Waals surface area (Å²) in [7, 11) is -3.95. The van der Waals surface area contributed by atoms with Crippen molar-refractivity contribution in [2.45, 2.75) is 57.8 Å². The van der Waals surface area contributed by atoms with Crippen molar-refractivity contribution in [3.63, 3.8) is 0 Å². The summed E-state index contributed by atoms with van der Waals surface area (Å²) < 4.78 is 34.2. The zero-order chi connectivity index (χ0) is 27.2. The van der Waals surface area contributed by atoms with Gasteiger partial charge in [0, 0.05) is 0 Å². The second-order valence-corrected chi connectivity index (χ2v) is 12.4. The number of ether oxygens (including phenoxy) is 1. The molecule has 0 aliphatic rings. The van der Waals surface area contributed by atoms with Crippen LogP contribution in [0.4, 0.5) is 5.69 Å². The van der Waals surface area contributed by atoms with Crippen LogP contribution >= 0.6 is 0 Å². The van der Waals surface area contributed by atoms with E-state index in [1.54, 1.807) is 36.4 Å². The summed E-state index contributed by atoms with van der Waals surface area (Å²) >= 11 is 0. The van der Waals surface area contributed by atoms with Crippen LogP contribution in [0.3, 0.4) is 0 Å². The van der Waals surface area contributed by atoms with Gasteiger partial charge in [-0.2, -0.15) is 0 Å². The van der Waals surface area contributed by atoms with Gasteiger partial charge in [0.15, 0.2) is 0 Å². The Morgan fingerprint density at radius 2 is 1.57 bits per heavy atom. The minimum absolute atomic E-state index is 0.0736. The molecule has 0 saturated carbocycles. The third-order valence-corrected chi connectivity index (χ3v) is 7.91. The summed E-state index contributed by atoms with van der Waals surface area (Å²) in [4.78, 5) is 13.0. The highest BCUT2D eigenvalue weighted by atomic mass is 32.2. The van der Waals surface area contributed by atoms with Gasteiger partial charge in [0.1, 0.15) is 18.9 Å². The third kappa shape index (κ3) is 7.35. The minimum atomic E-state index is -3.95. The molecule has 7 heteroatoms. The van der Waals surface area contributed by atoms with Gasteiger partial charge >= 0.3 is 0 Å². The van der Waals surface area contributed by atoms with E-state index in [0.717, 1.165) is 26.7 Å². The van der Waals surface area contributed by atoms with E-state index in [-0.39, 0.29) is 30.0 Å². The molecular weight excluding hydrogens is 484 g/mol. The zero-order valence-electron chi connectivity index (χ0n) is 22.6. The van der Waals surface area contributed by atoms with Gasteiger partial charge in [-0.15, -0.1) is 0 Å².